The summed E-state index contributed by atoms with van der Waals surface area (Å²) in [7, 11) is 0. The number of ether oxygens (including phenoxy) is 1. The number of benzene rings is 1. The van der Waals surface area contributed by atoms with E-state index in [-0.39, 0.29) is 32.5 Å². The number of carboxylic acid groups (broad SMARTS) is 2. The number of hydrogen-bond donors (Lipinski definition) is 2. The van der Waals surface area contributed by atoms with Crippen molar-refractivity contribution in [1.29, 1.82) is 0 Å². The molecule has 2 N–H and O–H groups in total. The third kappa shape index (κ3) is 2.43. The standard InChI is InChI=1S/C20H25F2NO5/c1-5-19(16(24)25)11-23(17(26)27,18(2,3)4)7-6-20(19)13-9-15(22)14(21)8-12(13)10-28-20/h8-9H,5-7,10-11H2,1-4H3,(H-,24,25,26,27)/p+1/t19-,20+,23?/m1/s1. The molecule has 8 heteroatoms. The monoisotopic (exact) mass is 398 g/mol. The predicted molar refractivity (Wildman–Crippen MR) is 95.6 cm³/mol. The average molecular weight is 398 g/mol. The minimum absolute atomic E-state index is 0.0375. The van der Waals surface area contributed by atoms with Crippen LogP contribution in [0.1, 0.15) is 51.7 Å². The third-order valence-electron chi connectivity index (χ3n) is 6.88. The SMILES string of the molecule is CC[C@]1(C(=O)O)C[N+](C(=O)O)(C(C)(C)C)CC[C@@]12OCc1cc(F)c(F)cc12. The van der Waals surface area contributed by atoms with E-state index in [0.29, 0.717) is 11.1 Å². The summed E-state index contributed by atoms with van der Waals surface area (Å²) in [6.45, 7) is 6.83. The van der Waals surface area contributed by atoms with Crippen molar-refractivity contribution in [2.75, 3.05) is 13.1 Å². The zero-order chi connectivity index (χ0) is 21.1. The molecule has 1 fully saturated rings. The minimum atomic E-state index is -1.60. The van der Waals surface area contributed by atoms with Gasteiger partial charge in [0, 0.05) is 6.42 Å². The first kappa shape index (κ1) is 20.7. The number of carboxylic acids is 1. The van der Waals surface area contributed by atoms with Crippen molar-refractivity contribution in [3.8, 4) is 0 Å². The number of hydrogen-bond acceptors (Lipinski definition) is 3. The molecule has 1 spiro atoms. The Hall–Kier alpha value is -2.06. The van der Waals surface area contributed by atoms with Crippen LogP contribution in [-0.2, 0) is 21.7 Å². The van der Waals surface area contributed by atoms with Crippen molar-refractivity contribution in [3.05, 3.63) is 34.9 Å². The van der Waals surface area contributed by atoms with Gasteiger partial charge in [-0.05, 0) is 50.5 Å². The molecule has 0 saturated carbocycles. The summed E-state index contributed by atoms with van der Waals surface area (Å²) in [5.41, 5.74) is -3.05. The number of carbonyl (C=O) groups is 2. The van der Waals surface area contributed by atoms with Gasteiger partial charge < -0.3 is 14.9 Å². The molecule has 0 aromatic heterocycles. The number of nitrogens with zero attached hydrogens (tertiary/aromatic N) is 1. The molecule has 6 nitrogen and oxygen atoms in total. The van der Waals surface area contributed by atoms with Crippen LogP contribution in [0, 0.1) is 17.0 Å². The summed E-state index contributed by atoms with van der Waals surface area (Å²) in [5.74, 6) is -3.28. The van der Waals surface area contributed by atoms with Crippen LogP contribution >= 0.6 is 0 Å². The molecule has 1 aromatic rings. The highest BCUT2D eigenvalue weighted by Gasteiger charge is 2.70. The Morgan fingerprint density at radius 1 is 1.21 bits per heavy atom. The van der Waals surface area contributed by atoms with Crippen molar-refractivity contribution in [2.45, 2.75) is 58.3 Å². The van der Waals surface area contributed by atoms with Crippen LogP contribution in [-0.4, -0.2) is 45.4 Å². The van der Waals surface area contributed by atoms with Gasteiger partial charge in [0.05, 0.1) is 13.2 Å². The Bertz CT molecular complexity index is 852. The maximum Gasteiger partial charge on any atom is 0.514 e. The molecule has 3 rings (SSSR count). The molecule has 1 unspecified atom stereocenters. The quantitative estimate of drug-likeness (QED) is 0.739. The first-order valence-electron chi connectivity index (χ1n) is 9.33. The molecular weight excluding hydrogens is 372 g/mol. The Labute approximate surface area is 162 Å². The van der Waals surface area contributed by atoms with Crippen LogP contribution < -0.4 is 0 Å². The molecule has 2 aliphatic rings. The lowest BCUT2D eigenvalue weighted by Gasteiger charge is -2.57. The Balaban J connectivity index is 2.26. The maximum atomic E-state index is 14.1. The number of rotatable bonds is 2. The third-order valence-corrected chi connectivity index (χ3v) is 6.88. The Kier molecular flexibility index (Phi) is 4.59. The van der Waals surface area contributed by atoms with Crippen molar-refractivity contribution in [3.63, 3.8) is 0 Å². The predicted octanol–water partition coefficient (Wildman–Crippen LogP) is 3.87. The first-order chi connectivity index (χ1) is 12.9. The molecule has 0 aliphatic carbocycles. The van der Waals surface area contributed by atoms with Gasteiger partial charge in [0.1, 0.15) is 23.1 Å². The van der Waals surface area contributed by atoms with E-state index in [0.717, 1.165) is 12.1 Å². The molecule has 1 amide bonds. The van der Waals surface area contributed by atoms with E-state index in [1.54, 1.807) is 27.7 Å². The number of aliphatic carboxylic acids is 1. The highest BCUT2D eigenvalue weighted by molar-refractivity contribution is 5.78. The zero-order valence-electron chi connectivity index (χ0n) is 16.5. The highest BCUT2D eigenvalue weighted by atomic mass is 19.2. The van der Waals surface area contributed by atoms with E-state index in [2.05, 4.69) is 0 Å². The maximum absolute atomic E-state index is 14.1. The highest BCUT2D eigenvalue weighted by Crippen LogP contribution is 2.58. The second-order valence-corrected chi connectivity index (χ2v) is 8.83. The molecule has 1 saturated heterocycles. The second kappa shape index (κ2) is 6.22. The lowest BCUT2D eigenvalue weighted by Crippen LogP contribution is -2.74. The van der Waals surface area contributed by atoms with E-state index in [9.17, 15) is 28.6 Å². The lowest BCUT2D eigenvalue weighted by atomic mass is 9.61. The van der Waals surface area contributed by atoms with Crippen LogP contribution in [0.25, 0.3) is 0 Å². The van der Waals surface area contributed by atoms with Gasteiger partial charge in [-0.25, -0.2) is 13.3 Å². The average Bonchev–Trinajstić information content (AvgIpc) is 2.93. The summed E-state index contributed by atoms with van der Waals surface area (Å²) in [6.07, 6.45) is -0.941. The van der Waals surface area contributed by atoms with Crippen molar-refractivity contribution in [2.24, 2.45) is 5.41 Å². The summed E-state index contributed by atoms with van der Waals surface area (Å²) in [5, 5.41) is 20.4. The van der Waals surface area contributed by atoms with Gasteiger partial charge in [0.15, 0.2) is 11.6 Å². The van der Waals surface area contributed by atoms with Crippen LogP contribution in [0.5, 0.6) is 0 Å². The summed E-state index contributed by atoms with van der Waals surface area (Å²) in [4.78, 5) is 24.9. The van der Waals surface area contributed by atoms with E-state index in [4.69, 9.17) is 4.74 Å². The molecule has 28 heavy (non-hydrogen) atoms. The van der Waals surface area contributed by atoms with E-state index >= 15 is 0 Å². The zero-order valence-corrected chi connectivity index (χ0v) is 16.5. The normalized spacial score (nSPS) is 32.4. The van der Waals surface area contributed by atoms with Crippen LogP contribution in [0.2, 0.25) is 0 Å². The molecule has 0 radical (unpaired) electrons. The topological polar surface area (TPSA) is 83.8 Å². The number of piperidine rings is 1. The Morgan fingerprint density at radius 3 is 2.32 bits per heavy atom. The fourth-order valence-corrected chi connectivity index (χ4v) is 5.03. The van der Waals surface area contributed by atoms with E-state index in [1.807, 2.05) is 0 Å². The Morgan fingerprint density at radius 2 is 1.82 bits per heavy atom. The van der Waals surface area contributed by atoms with Gasteiger partial charge in [0.25, 0.3) is 0 Å². The first-order valence-corrected chi connectivity index (χ1v) is 9.33. The number of quaternary nitrogens is 1. The molecule has 3 atom stereocenters. The largest absolute Gasteiger partial charge is 0.514 e. The van der Waals surface area contributed by atoms with Gasteiger partial charge in [-0.15, -0.1) is 0 Å². The molecule has 154 valence electrons. The number of fused-ring (bicyclic) bond motifs is 2. The summed E-state index contributed by atoms with van der Waals surface area (Å²) in [6, 6.07) is 2.06. The summed E-state index contributed by atoms with van der Waals surface area (Å²) >= 11 is 0. The molecule has 0 bridgehead atoms. The number of amides is 1. The van der Waals surface area contributed by atoms with Gasteiger partial charge >= 0.3 is 12.1 Å². The van der Waals surface area contributed by atoms with Crippen molar-refractivity contribution < 1.29 is 37.8 Å². The minimum Gasteiger partial charge on any atom is -0.481 e. The van der Waals surface area contributed by atoms with Crippen molar-refractivity contribution in [1.82, 2.24) is 0 Å². The second-order valence-electron chi connectivity index (χ2n) is 8.83. The number of halogens is 2. The van der Waals surface area contributed by atoms with Crippen LogP contribution in [0.4, 0.5) is 13.6 Å². The summed E-state index contributed by atoms with van der Waals surface area (Å²) < 4.78 is 33.3. The smallest absolute Gasteiger partial charge is 0.481 e. The fraction of sp³-hybridized carbons (Fsp3) is 0.600. The van der Waals surface area contributed by atoms with E-state index in [1.165, 1.54) is 0 Å². The molecular formula is C20H26F2NO5+. The van der Waals surface area contributed by atoms with Gasteiger partial charge in [-0.3, -0.25) is 4.79 Å². The lowest BCUT2D eigenvalue weighted by molar-refractivity contribution is -0.917. The molecule has 1 aromatic carbocycles. The molecule has 2 heterocycles. The van der Waals surface area contributed by atoms with Crippen molar-refractivity contribution >= 4 is 12.1 Å². The van der Waals surface area contributed by atoms with Crippen LogP contribution in [0.3, 0.4) is 0 Å². The van der Waals surface area contributed by atoms with Crippen LogP contribution in [0.15, 0.2) is 12.1 Å². The van der Waals surface area contributed by atoms with Gasteiger partial charge in [-0.1, -0.05) is 6.92 Å². The fourth-order valence-electron chi connectivity index (χ4n) is 5.03. The van der Waals surface area contributed by atoms with Gasteiger partial charge in [0.2, 0.25) is 0 Å². The molecule has 2 aliphatic heterocycles. The number of likely N-dealkylation sites (tertiary alicyclic amines) is 1. The van der Waals surface area contributed by atoms with E-state index < -0.39 is 44.7 Å². The van der Waals surface area contributed by atoms with Gasteiger partial charge in [-0.2, -0.15) is 4.79 Å².